The minimum absolute atomic E-state index is 0.0681. The lowest BCUT2D eigenvalue weighted by Crippen LogP contribution is -2.13. The minimum Gasteiger partial charge on any atom is -0.360 e. The third-order valence-corrected chi connectivity index (χ3v) is 4.96. The normalized spacial score (nSPS) is 12.4. The number of thioether (sulfide) groups is 1. The second kappa shape index (κ2) is 6.57. The molecule has 4 aromatic rings. The number of hydrogen-bond acceptors (Lipinski definition) is 4. The zero-order valence-corrected chi connectivity index (χ0v) is 14.4. The summed E-state index contributed by atoms with van der Waals surface area (Å²) in [4.78, 5) is 20.3. The molecule has 0 bridgehead atoms. The first-order chi connectivity index (χ1) is 12.2. The van der Waals surface area contributed by atoms with Gasteiger partial charge < -0.3 is 4.98 Å². The van der Waals surface area contributed by atoms with Crippen molar-refractivity contribution in [3.05, 3.63) is 72.7 Å². The molecule has 4 rings (SSSR count). The van der Waals surface area contributed by atoms with E-state index in [1.165, 1.54) is 11.8 Å². The first-order valence-electron chi connectivity index (χ1n) is 7.96. The molecule has 25 heavy (non-hydrogen) atoms. The maximum Gasteiger partial charge on any atom is 0.209 e. The van der Waals surface area contributed by atoms with Crippen molar-refractivity contribution in [1.29, 1.82) is 0 Å². The fourth-order valence-corrected chi connectivity index (χ4v) is 3.51. The van der Waals surface area contributed by atoms with Gasteiger partial charge in [0.2, 0.25) is 5.16 Å². The number of H-pyrrole nitrogens is 1. The van der Waals surface area contributed by atoms with E-state index in [1.807, 2.05) is 61.5 Å². The summed E-state index contributed by atoms with van der Waals surface area (Å²) in [5, 5.41) is 5.72. The van der Waals surface area contributed by atoms with Gasteiger partial charge >= 0.3 is 0 Å². The molecule has 0 saturated carbocycles. The maximum atomic E-state index is 12.8. The van der Waals surface area contributed by atoms with Gasteiger partial charge in [0.25, 0.3) is 0 Å². The Labute approximate surface area is 149 Å². The summed E-state index contributed by atoms with van der Waals surface area (Å²) in [6.07, 6.45) is 3.45. The van der Waals surface area contributed by atoms with Crippen molar-refractivity contribution in [3.63, 3.8) is 0 Å². The quantitative estimate of drug-likeness (QED) is 0.435. The molecule has 2 heterocycles. The Hall–Kier alpha value is -2.86. The summed E-state index contributed by atoms with van der Waals surface area (Å²) in [5.74, 6) is 0.0681. The number of Topliss-reactive ketones (excluding diaryl/α,β-unsaturated/α-hetero) is 1. The summed E-state index contributed by atoms with van der Waals surface area (Å²) in [6, 6.07) is 17.6. The van der Waals surface area contributed by atoms with Crippen LogP contribution in [-0.4, -0.2) is 30.8 Å². The van der Waals surface area contributed by atoms with Gasteiger partial charge in [-0.3, -0.25) is 4.79 Å². The molecule has 0 aliphatic carbocycles. The van der Waals surface area contributed by atoms with Gasteiger partial charge in [0.05, 0.1) is 10.9 Å². The van der Waals surface area contributed by atoms with Crippen LogP contribution in [0.2, 0.25) is 0 Å². The van der Waals surface area contributed by atoms with E-state index >= 15 is 0 Å². The summed E-state index contributed by atoms with van der Waals surface area (Å²) in [7, 11) is 0. The topological polar surface area (TPSA) is 63.6 Å². The van der Waals surface area contributed by atoms with Gasteiger partial charge in [-0.25, -0.2) is 9.67 Å². The number of hydrogen-bond donors (Lipinski definition) is 1. The number of nitrogens with one attached hydrogen (secondary N) is 1. The van der Waals surface area contributed by atoms with Crippen LogP contribution in [0.15, 0.2) is 72.3 Å². The van der Waals surface area contributed by atoms with Crippen molar-refractivity contribution in [1.82, 2.24) is 19.7 Å². The van der Waals surface area contributed by atoms with Crippen LogP contribution in [0.4, 0.5) is 0 Å². The third-order valence-electron chi connectivity index (χ3n) is 4.00. The zero-order chi connectivity index (χ0) is 17.2. The van der Waals surface area contributed by atoms with Crippen LogP contribution >= 0.6 is 11.8 Å². The van der Waals surface area contributed by atoms with Gasteiger partial charge in [-0.2, -0.15) is 0 Å². The van der Waals surface area contributed by atoms with E-state index in [9.17, 15) is 4.79 Å². The largest absolute Gasteiger partial charge is 0.360 e. The molecule has 0 spiro atoms. The van der Waals surface area contributed by atoms with Crippen molar-refractivity contribution in [2.45, 2.75) is 17.3 Å². The molecule has 1 N–H and O–H groups in total. The lowest BCUT2D eigenvalue weighted by atomic mass is 10.1. The molecule has 6 heteroatoms. The smallest absolute Gasteiger partial charge is 0.209 e. The highest BCUT2D eigenvalue weighted by atomic mass is 32.2. The van der Waals surface area contributed by atoms with Gasteiger partial charge in [-0.15, -0.1) is 5.10 Å². The molecule has 0 fully saturated rings. The number of benzene rings is 2. The number of carbonyl (C=O) groups is 1. The van der Waals surface area contributed by atoms with E-state index in [-0.39, 0.29) is 11.0 Å². The van der Waals surface area contributed by atoms with Gasteiger partial charge in [-0.05, 0) is 25.1 Å². The van der Waals surface area contributed by atoms with Crippen molar-refractivity contribution >= 4 is 28.4 Å². The maximum absolute atomic E-state index is 12.8. The number of aromatic nitrogens is 4. The van der Waals surface area contributed by atoms with Crippen LogP contribution in [-0.2, 0) is 0 Å². The van der Waals surface area contributed by atoms with E-state index in [0.29, 0.717) is 10.7 Å². The summed E-state index contributed by atoms with van der Waals surface area (Å²) >= 11 is 1.37. The molecule has 2 aromatic heterocycles. The average Bonchev–Trinajstić information content (AvgIpc) is 3.29. The molecule has 0 amide bonds. The van der Waals surface area contributed by atoms with Crippen molar-refractivity contribution in [2.24, 2.45) is 0 Å². The van der Waals surface area contributed by atoms with Crippen molar-refractivity contribution in [3.8, 4) is 5.69 Å². The molecule has 0 unspecified atom stereocenters. The third kappa shape index (κ3) is 3.08. The Morgan fingerprint density at radius 1 is 1.12 bits per heavy atom. The van der Waals surface area contributed by atoms with E-state index in [0.717, 1.165) is 16.6 Å². The number of ketones is 1. The lowest BCUT2D eigenvalue weighted by molar-refractivity contribution is 0.0995. The second-order valence-electron chi connectivity index (χ2n) is 5.68. The molecular weight excluding hydrogens is 332 g/mol. The van der Waals surface area contributed by atoms with Crippen LogP contribution in [0.3, 0.4) is 0 Å². The van der Waals surface area contributed by atoms with Crippen LogP contribution in [0.25, 0.3) is 16.6 Å². The SMILES string of the molecule is C[C@H](Sc1ncn(-c2ccccc2)n1)C(=O)c1c[nH]c2ccccc12. The van der Waals surface area contributed by atoms with Gasteiger partial charge in [0.1, 0.15) is 6.33 Å². The predicted octanol–water partition coefficient (Wildman–Crippen LogP) is 4.11. The summed E-state index contributed by atoms with van der Waals surface area (Å²) < 4.78 is 1.71. The molecular formula is C19H16N4OS. The Balaban J connectivity index is 1.53. The Morgan fingerprint density at radius 3 is 2.72 bits per heavy atom. The lowest BCUT2D eigenvalue weighted by Gasteiger charge is -2.07. The molecule has 1 atom stereocenters. The first kappa shape index (κ1) is 15.7. The Kier molecular flexibility index (Phi) is 4.11. The van der Waals surface area contributed by atoms with Crippen molar-refractivity contribution in [2.75, 3.05) is 0 Å². The summed E-state index contributed by atoms with van der Waals surface area (Å²) in [6.45, 7) is 1.89. The molecule has 0 aliphatic rings. The molecule has 2 aromatic carbocycles. The molecule has 0 saturated heterocycles. The number of para-hydroxylation sites is 2. The van der Waals surface area contributed by atoms with Gasteiger partial charge in [-0.1, -0.05) is 48.2 Å². The minimum atomic E-state index is -0.272. The number of fused-ring (bicyclic) bond motifs is 1. The zero-order valence-electron chi connectivity index (χ0n) is 13.6. The number of carbonyl (C=O) groups excluding carboxylic acids is 1. The number of nitrogens with zero attached hydrogens (tertiary/aromatic N) is 3. The molecule has 0 radical (unpaired) electrons. The monoisotopic (exact) mass is 348 g/mol. The van der Waals surface area contributed by atoms with E-state index in [4.69, 9.17) is 0 Å². The summed E-state index contributed by atoms with van der Waals surface area (Å²) in [5.41, 5.74) is 2.62. The fraction of sp³-hybridized carbons (Fsp3) is 0.105. The standard InChI is InChI=1S/C19H16N4OS/c1-13(18(24)16-11-20-17-10-6-5-9-15(16)17)25-19-21-12-23(22-19)14-7-3-2-4-8-14/h2-13,20H,1H3/t13-/m0/s1. The molecule has 124 valence electrons. The van der Waals surface area contributed by atoms with E-state index < -0.39 is 0 Å². The highest BCUT2D eigenvalue weighted by Gasteiger charge is 2.21. The van der Waals surface area contributed by atoms with Crippen LogP contribution in [0, 0.1) is 0 Å². The van der Waals surface area contributed by atoms with E-state index in [2.05, 4.69) is 15.1 Å². The second-order valence-corrected chi connectivity index (χ2v) is 6.99. The Bertz CT molecular complexity index is 1020. The van der Waals surface area contributed by atoms with Crippen LogP contribution in [0.1, 0.15) is 17.3 Å². The highest BCUT2D eigenvalue weighted by molar-refractivity contribution is 8.00. The van der Waals surface area contributed by atoms with Crippen LogP contribution < -0.4 is 0 Å². The van der Waals surface area contributed by atoms with Crippen molar-refractivity contribution < 1.29 is 4.79 Å². The molecule has 5 nitrogen and oxygen atoms in total. The predicted molar refractivity (Wildman–Crippen MR) is 99.3 cm³/mol. The van der Waals surface area contributed by atoms with Crippen LogP contribution in [0.5, 0.6) is 0 Å². The average molecular weight is 348 g/mol. The molecule has 0 aliphatic heterocycles. The van der Waals surface area contributed by atoms with Gasteiger partial charge in [0.15, 0.2) is 5.78 Å². The Morgan fingerprint density at radius 2 is 1.88 bits per heavy atom. The number of rotatable bonds is 5. The first-order valence-corrected chi connectivity index (χ1v) is 8.84. The fourth-order valence-electron chi connectivity index (χ4n) is 2.71. The number of aromatic amines is 1. The highest BCUT2D eigenvalue weighted by Crippen LogP contribution is 2.26. The van der Waals surface area contributed by atoms with E-state index in [1.54, 1.807) is 17.2 Å². The van der Waals surface area contributed by atoms with Gasteiger partial charge in [0, 0.05) is 22.7 Å².